The van der Waals surface area contributed by atoms with Gasteiger partial charge in [-0.3, -0.25) is 15.4 Å². The molecule has 5 nitrogen and oxygen atoms in total. The zero-order valence-electron chi connectivity index (χ0n) is 20.3. The van der Waals surface area contributed by atoms with Crippen molar-refractivity contribution in [3.63, 3.8) is 0 Å². The minimum absolute atomic E-state index is 0.0250. The van der Waals surface area contributed by atoms with Crippen molar-refractivity contribution in [2.24, 2.45) is 11.7 Å². The summed E-state index contributed by atoms with van der Waals surface area (Å²) in [4.78, 5) is 19.6. The van der Waals surface area contributed by atoms with E-state index in [1.165, 1.54) is 13.0 Å². The number of aromatic nitrogens is 1. The van der Waals surface area contributed by atoms with Crippen LogP contribution < -0.4 is 10.6 Å². The fraction of sp³-hybridized carbons (Fsp3) is 0.520. The van der Waals surface area contributed by atoms with Crippen LogP contribution in [-0.2, 0) is 16.3 Å². The number of thioether (sulfide) groups is 1. The van der Waals surface area contributed by atoms with Crippen molar-refractivity contribution in [3.8, 4) is 0 Å². The van der Waals surface area contributed by atoms with Gasteiger partial charge in [0.05, 0.1) is 5.69 Å². The Hall–Kier alpha value is -2.10. The summed E-state index contributed by atoms with van der Waals surface area (Å²) in [5.41, 5.74) is 3.78. The van der Waals surface area contributed by atoms with Crippen molar-refractivity contribution >= 4 is 23.5 Å². The Morgan fingerprint density at radius 1 is 1.15 bits per heavy atom. The highest BCUT2D eigenvalue weighted by atomic mass is 32.2. The number of benzene rings is 1. The predicted molar refractivity (Wildman–Crippen MR) is 131 cm³/mol. The van der Waals surface area contributed by atoms with Crippen molar-refractivity contribution in [2.75, 3.05) is 25.2 Å². The molecule has 0 spiro atoms. The molecule has 1 aromatic heterocycles. The molecule has 3 unspecified atom stereocenters. The molecule has 0 saturated carbocycles. The number of nitrogens with two attached hydrogens (primary N) is 1. The van der Waals surface area contributed by atoms with E-state index in [-0.39, 0.29) is 22.3 Å². The molecule has 0 bridgehead atoms. The van der Waals surface area contributed by atoms with Gasteiger partial charge in [-0.15, -0.1) is 11.8 Å². The first-order valence-electron chi connectivity index (χ1n) is 11.1. The normalized spacial score (nSPS) is 20.1. The largest absolute Gasteiger partial charge is 0.400 e. The lowest BCUT2D eigenvalue weighted by Crippen LogP contribution is -2.44. The molecule has 9 heteroatoms. The van der Waals surface area contributed by atoms with Gasteiger partial charge in [-0.05, 0) is 50.5 Å². The molecule has 1 aromatic carbocycles. The maximum atomic E-state index is 14.3. The maximum absolute atomic E-state index is 14.3. The number of carbonyl (C=O) groups is 1. The third kappa shape index (κ3) is 6.73. The van der Waals surface area contributed by atoms with Gasteiger partial charge in [-0.25, -0.2) is 18.2 Å². The second-order valence-corrected chi connectivity index (χ2v) is 11.0. The van der Waals surface area contributed by atoms with Crippen LogP contribution in [0.5, 0.6) is 0 Å². The van der Waals surface area contributed by atoms with Gasteiger partial charge in [0.15, 0.2) is 11.5 Å². The van der Waals surface area contributed by atoms with E-state index in [4.69, 9.17) is 10.8 Å². The number of piperidine rings is 1. The van der Waals surface area contributed by atoms with Gasteiger partial charge in [0.25, 0.3) is 0 Å². The Labute approximate surface area is 203 Å². The van der Waals surface area contributed by atoms with E-state index in [1.807, 2.05) is 6.07 Å². The molecule has 3 atom stereocenters. The molecule has 2 heterocycles. The lowest BCUT2D eigenvalue weighted by Gasteiger charge is -2.39. The number of anilines is 1. The Bertz CT molecular complexity index is 980. The average Bonchev–Trinajstić information content (AvgIpc) is 2.79. The minimum atomic E-state index is -2.19. The van der Waals surface area contributed by atoms with Crippen LogP contribution in [0.2, 0.25) is 0 Å². The first-order chi connectivity index (χ1) is 15.8. The number of rotatable bonds is 7. The minimum Gasteiger partial charge on any atom is -0.400 e. The summed E-state index contributed by atoms with van der Waals surface area (Å²) in [6.07, 6.45) is 1.03. The van der Waals surface area contributed by atoms with Gasteiger partial charge in [0.2, 0.25) is 5.91 Å². The highest BCUT2D eigenvalue weighted by Crippen LogP contribution is 2.44. The van der Waals surface area contributed by atoms with Crippen molar-refractivity contribution in [2.45, 2.75) is 61.6 Å². The van der Waals surface area contributed by atoms with E-state index in [0.717, 1.165) is 25.3 Å². The van der Waals surface area contributed by atoms with Crippen LogP contribution in [0.25, 0.3) is 0 Å². The third-order valence-electron chi connectivity index (χ3n) is 5.98. The van der Waals surface area contributed by atoms with E-state index < -0.39 is 18.1 Å². The lowest BCUT2D eigenvalue weighted by molar-refractivity contribution is -0.121. The summed E-state index contributed by atoms with van der Waals surface area (Å²) < 4.78 is 41.2. The lowest BCUT2D eigenvalue weighted by atomic mass is 9.85. The van der Waals surface area contributed by atoms with Crippen molar-refractivity contribution in [1.82, 2.24) is 4.98 Å². The summed E-state index contributed by atoms with van der Waals surface area (Å²) in [5.74, 6) is -1.60. The first kappa shape index (κ1) is 28.1. The Morgan fingerprint density at radius 3 is 2.38 bits per heavy atom. The monoisotopic (exact) mass is 497 g/mol. The Balaban J connectivity index is 0.00000199. The number of aliphatic hydroxyl groups is 1. The van der Waals surface area contributed by atoms with E-state index in [1.54, 1.807) is 47.0 Å². The molecule has 1 fully saturated rings. The second kappa shape index (κ2) is 11.1. The second-order valence-electron chi connectivity index (χ2n) is 9.26. The number of halogens is 3. The van der Waals surface area contributed by atoms with Gasteiger partial charge in [0, 0.05) is 35.3 Å². The van der Waals surface area contributed by atoms with Crippen LogP contribution >= 0.6 is 11.8 Å². The SMILES string of the molecule is CC(N)(F)c1cccc(SC(C)(C)C2CCN(c3cccc(C(C)(F)CF)n3)C(=O)C2)c1.CO. The number of hydrogen-bond acceptors (Lipinski definition) is 5. The highest BCUT2D eigenvalue weighted by molar-refractivity contribution is 8.00. The molecule has 0 aliphatic carbocycles. The Morgan fingerprint density at radius 2 is 1.79 bits per heavy atom. The summed E-state index contributed by atoms with van der Waals surface area (Å²) in [7, 11) is 1.00. The zero-order chi connectivity index (χ0) is 25.7. The molecule has 1 amide bonds. The van der Waals surface area contributed by atoms with Crippen LogP contribution in [0.3, 0.4) is 0 Å². The smallest absolute Gasteiger partial charge is 0.228 e. The van der Waals surface area contributed by atoms with Crippen molar-refractivity contribution in [1.29, 1.82) is 0 Å². The summed E-state index contributed by atoms with van der Waals surface area (Å²) in [6, 6.07) is 11.8. The predicted octanol–water partition coefficient (Wildman–Crippen LogP) is 5.26. The standard InChI is InChI=1S/C24H30F3N3OS.CH4O/c1-22(2,32-18-8-5-7-17(13-18)24(4,27)28)16-11-12-30(21(31)14-16)20-10-6-9-19(29-20)23(3,26)15-25;1-2/h5-10,13,16H,11-12,14-15,28H2,1-4H3;2H,1H3. The van der Waals surface area contributed by atoms with E-state index in [2.05, 4.69) is 18.8 Å². The van der Waals surface area contributed by atoms with E-state index in [0.29, 0.717) is 24.3 Å². The molecule has 2 aromatic rings. The fourth-order valence-corrected chi connectivity index (χ4v) is 5.16. The molecule has 34 heavy (non-hydrogen) atoms. The average molecular weight is 498 g/mol. The zero-order valence-corrected chi connectivity index (χ0v) is 21.1. The Kier molecular flexibility index (Phi) is 9.18. The van der Waals surface area contributed by atoms with Crippen LogP contribution in [0.15, 0.2) is 47.4 Å². The van der Waals surface area contributed by atoms with Crippen molar-refractivity contribution < 1.29 is 23.1 Å². The van der Waals surface area contributed by atoms with Gasteiger partial charge in [0.1, 0.15) is 12.5 Å². The molecule has 1 aliphatic heterocycles. The molecular formula is C25H34F3N3O2S. The first-order valence-corrected chi connectivity index (χ1v) is 11.9. The molecule has 0 radical (unpaired) electrons. The van der Waals surface area contributed by atoms with Crippen LogP contribution in [0.1, 0.15) is 51.8 Å². The number of nitrogens with zero attached hydrogens (tertiary/aromatic N) is 2. The van der Waals surface area contributed by atoms with Crippen LogP contribution in [0.4, 0.5) is 19.0 Å². The van der Waals surface area contributed by atoms with Gasteiger partial charge >= 0.3 is 0 Å². The number of hydrogen-bond donors (Lipinski definition) is 2. The summed E-state index contributed by atoms with van der Waals surface area (Å²) in [5, 5.41) is 7.00. The molecular weight excluding hydrogens is 463 g/mol. The molecule has 3 rings (SSSR count). The molecule has 1 aliphatic rings. The molecule has 1 saturated heterocycles. The number of carbonyl (C=O) groups excluding carboxylic acids is 1. The quantitative estimate of drug-likeness (QED) is 0.403. The third-order valence-corrected chi connectivity index (χ3v) is 7.33. The fourth-order valence-electron chi connectivity index (χ4n) is 3.85. The van der Waals surface area contributed by atoms with Crippen LogP contribution in [0, 0.1) is 5.92 Å². The topological polar surface area (TPSA) is 79.5 Å². The maximum Gasteiger partial charge on any atom is 0.228 e. The number of amides is 1. The van der Waals surface area contributed by atoms with Gasteiger partial charge < -0.3 is 5.11 Å². The van der Waals surface area contributed by atoms with Gasteiger partial charge in [-0.1, -0.05) is 32.0 Å². The molecule has 188 valence electrons. The number of alkyl halides is 3. The van der Waals surface area contributed by atoms with Gasteiger partial charge in [-0.2, -0.15) is 0 Å². The number of pyridine rings is 1. The summed E-state index contributed by atoms with van der Waals surface area (Å²) in [6.45, 7) is 5.86. The van der Waals surface area contributed by atoms with E-state index >= 15 is 0 Å². The van der Waals surface area contributed by atoms with E-state index in [9.17, 15) is 18.0 Å². The highest BCUT2D eigenvalue weighted by Gasteiger charge is 2.38. The molecule has 3 N–H and O–H groups in total. The summed E-state index contributed by atoms with van der Waals surface area (Å²) >= 11 is 1.59. The van der Waals surface area contributed by atoms with Crippen molar-refractivity contribution in [3.05, 3.63) is 53.7 Å². The van der Waals surface area contributed by atoms with Crippen LogP contribution in [-0.4, -0.2) is 41.1 Å². The number of aliphatic hydroxyl groups excluding tert-OH is 1.